The molecule has 8 heteroatoms. The van der Waals surface area contributed by atoms with E-state index in [1.807, 2.05) is 0 Å². The molecule has 0 aliphatic carbocycles. The molecule has 4 aromatic rings. The number of hydrogen-bond acceptors (Lipinski definition) is 3. The van der Waals surface area contributed by atoms with Crippen molar-refractivity contribution in [2.75, 3.05) is 0 Å². The molecule has 1 aliphatic heterocycles. The summed E-state index contributed by atoms with van der Waals surface area (Å²) in [5.41, 5.74) is 2.20. The summed E-state index contributed by atoms with van der Waals surface area (Å²) in [5.74, 6) is -0.779. The quantitative estimate of drug-likeness (QED) is 0.422. The van der Waals surface area contributed by atoms with Gasteiger partial charge in [-0.2, -0.15) is 12.8 Å². The maximum Gasteiger partial charge on any atom is 0.285 e. The van der Waals surface area contributed by atoms with E-state index in [0.29, 0.717) is 34.1 Å². The molecule has 154 valence electrons. The van der Waals surface area contributed by atoms with Gasteiger partial charge in [0.25, 0.3) is 10.0 Å². The number of benzene rings is 3. The molecule has 2 heterocycles. The van der Waals surface area contributed by atoms with Crippen LogP contribution < -0.4 is 0 Å². The van der Waals surface area contributed by atoms with Crippen LogP contribution in [0, 0.1) is 11.6 Å². The van der Waals surface area contributed by atoms with Crippen molar-refractivity contribution in [1.29, 1.82) is 0 Å². The van der Waals surface area contributed by atoms with Crippen LogP contribution in [-0.4, -0.2) is 19.1 Å². The predicted octanol–water partition coefficient (Wildman–Crippen LogP) is 5.30. The highest BCUT2D eigenvalue weighted by Gasteiger charge is 2.33. The Kier molecular flexibility index (Phi) is 4.60. The van der Waals surface area contributed by atoms with Gasteiger partial charge in [0.15, 0.2) is 0 Å². The Morgan fingerprint density at radius 1 is 0.903 bits per heavy atom. The standard InChI is InChI=1S/C23H13ClF2N2O2S/c24-19-3-1-2-18-22(28-31(29,30)23(18)19)21-12-14-11-16(26)8-9-17(14)20(27-21)10-13-4-6-15(25)7-5-13/h1-9,11-12H,10H2. The van der Waals surface area contributed by atoms with Gasteiger partial charge in [0.1, 0.15) is 22.2 Å². The Morgan fingerprint density at radius 2 is 1.65 bits per heavy atom. The average molecular weight is 455 g/mol. The van der Waals surface area contributed by atoms with Gasteiger partial charge < -0.3 is 0 Å². The minimum absolute atomic E-state index is 0.0621. The predicted molar refractivity (Wildman–Crippen MR) is 115 cm³/mol. The van der Waals surface area contributed by atoms with E-state index in [0.717, 1.165) is 5.56 Å². The SMILES string of the molecule is O=S1(=O)N=C(c2cc3cc(F)ccc3c(Cc3ccc(F)cc3)n2)c2cccc(Cl)c21. The first-order valence-corrected chi connectivity index (χ1v) is 11.1. The second kappa shape index (κ2) is 7.21. The molecule has 5 rings (SSSR count). The minimum Gasteiger partial charge on any atom is -0.250 e. The first kappa shape index (κ1) is 19.8. The second-order valence-electron chi connectivity index (χ2n) is 7.15. The fraction of sp³-hybridized carbons (Fsp3) is 0.0435. The van der Waals surface area contributed by atoms with Crippen molar-refractivity contribution in [2.45, 2.75) is 11.3 Å². The summed E-state index contributed by atoms with van der Waals surface area (Å²) in [6, 6.07) is 16.7. The van der Waals surface area contributed by atoms with Crippen LogP contribution in [-0.2, 0) is 16.4 Å². The number of halogens is 3. The zero-order chi connectivity index (χ0) is 21.8. The lowest BCUT2D eigenvalue weighted by molar-refractivity contribution is 0.599. The zero-order valence-corrected chi connectivity index (χ0v) is 17.4. The fourth-order valence-electron chi connectivity index (χ4n) is 3.71. The van der Waals surface area contributed by atoms with Gasteiger partial charge in [-0.05, 0) is 53.4 Å². The summed E-state index contributed by atoms with van der Waals surface area (Å²) in [7, 11) is -3.97. The minimum atomic E-state index is -3.97. The molecule has 4 nitrogen and oxygen atoms in total. The number of aromatic nitrogens is 1. The maximum absolute atomic E-state index is 14.0. The lowest BCUT2D eigenvalue weighted by atomic mass is 10.00. The first-order valence-electron chi connectivity index (χ1n) is 9.30. The molecule has 0 N–H and O–H groups in total. The summed E-state index contributed by atoms with van der Waals surface area (Å²) in [6.07, 6.45) is 0.346. The molecule has 0 radical (unpaired) electrons. The van der Waals surface area contributed by atoms with Crippen molar-refractivity contribution in [3.8, 4) is 0 Å². The number of rotatable bonds is 3. The van der Waals surface area contributed by atoms with Crippen LogP contribution in [0.15, 0.2) is 76.0 Å². The van der Waals surface area contributed by atoms with Crippen molar-refractivity contribution in [3.05, 3.63) is 106 Å². The molecule has 0 saturated heterocycles. The molecule has 0 saturated carbocycles. The summed E-state index contributed by atoms with van der Waals surface area (Å²) < 4.78 is 56.3. The average Bonchev–Trinajstić information content (AvgIpc) is 3.01. The van der Waals surface area contributed by atoms with Crippen molar-refractivity contribution >= 4 is 38.1 Å². The smallest absolute Gasteiger partial charge is 0.250 e. The van der Waals surface area contributed by atoms with E-state index in [4.69, 9.17) is 11.6 Å². The van der Waals surface area contributed by atoms with Gasteiger partial charge >= 0.3 is 0 Å². The fourth-order valence-corrected chi connectivity index (χ4v) is 5.46. The van der Waals surface area contributed by atoms with Crippen LogP contribution in [0.25, 0.3) is 10.8 Å². The number of fused-ring (bicyclic) bond motifs is 2. The Morgan fingerprint density at radius 3 is 2.42 bits per heavy atom. The topological polar surface area (TPSA) is 59.4 Å². The molecule has 0 amide bonds. The molecular formula is C23H13ClF2N2O2S. The number of nitrogens with zero attached hydrogens (tertiary/aromatic N) is 2. The summed E-state index contributed by atoms with van der Waals surface area (Å²) in [4.78, 5) is 4.61. The molecular weight excluding hydrogens is 442 g/mol. The van der Waals surface area contributed by atoms with E-state index < -0.39 is 15.8 Å². The van der Waals surface area contributed by atoms with E-state index in [1.54, 1.807) is 36.4 Å². The van der Waals surface area contributed by atoms with Crippen LogP contribution >= 0.6 is 11.6 Å². The van der Waals surface area contributed by atoms with Crippen molar-refractivity contribution < 1.29 is 17.2 Å². The molecule has 3 aromatic carbocycles. The molecule has 0 spiro atoms. The summed E-state index contributed by atoms with van der Waals surface area (Å²) in [6.45, 7) is 0. The molecule has 0 unspecified atom stereocenters. The molecule has 0 fully saturated rings. The Bertz CT molecular complexity index is 1500. The highest BCUT2D eigenvalue weighted by molar-refractivity contribution is 7.91. The van der Waals surface area contributed by atoms with E-state index >= 15 is 0 Å². The van der Waals surface area contributed by atoms with Crippen LogP contribution in [0.3, 0.4) is 0 Å². The number of hydrogen-bond donors (Lipinski definition) is 0. The van der Waals surface area contributed by atoms with Crippen molar-refractivity contribution in [2.24, 2.45) is 4.40 Å². The number of pyridine rings is 1. The van der Waals surface area contributed by atoms with Crippen molar-refractivity contribution in [1.82, 2.24) is 4.98 Å². The Hall–Kier alpha value is -3.16. The lowest BCUT2D eigenvalue weighted by Crippen LogP contribution is -2.07. The van der Waals surface area contributed by atoms with Gasteiger partial charge in [-0.3, -0.25) is 4.98 Å². The van der Waals surface area contributed by atoms with Gasteiger partial charge in [-0.15, -0.1) is 0 Å². The molecule has 1 aliphatic rings. The largest absolute Gasteiger partial charge is 0.285 e. The highest BCUT2D eigenvalue weighted by Crippen LogP contribution is 2.35. The Balaban J connectivity index is 1.72. The van der Waals surface area contributed by atoms with Gasteiger partial charge in [0, 0.05) is 17.4 Å². The third-order valence-electron chi connectivity index (χ3n) is 5.09. The van der Waals surface area contributed by atoms with Crippen LogP contribution in [0.2, 0.25) is 5.02 Å². The number of sulfonamides is 1. The zero-order valence-electron chi connectivity index (χ0n) is 15.8. The third kappa shape index (κ3) is 3.49. The van der Waals surface area contributed by atoms with Crippen molar-refractivity contribution in [3.63, 3.8) is 0 Å². The van der Waals surface area contributed by atoms with Gasteiger partial charge in [0.05, 0.1) is 16.4 Å². The van der Waals surface area contributed by atoms with E-state index in [-0.39, 0.29) is 21.4 Å². The van der Waals surface area contributed by atoms with Gasteiger partial charge in [-0.1, -0.05) is 35.9 Å². The highest BCUT2D eigenvalue weighted by atomic mass is 35.5. The van der Waals surface area contributed by atoms with E-state index in [9.17, 15) is 17.2 Å². The Labute approximate surface area is 181 Å². The van der Waals surface area contributed by atoms with Crippen LogP contribution in [0.4, 0.5) is 8.78 Å². The van der Waals surface area contributed by atoms with Crippen LogP contribution in [0.5, 0.6) is 0 Å². The third-order valence-corrected chi connectivity index (χ3v) is 6.90. The molecule has 1 aromatic heterocycles. The summed E-state index contributed by atoms with van der Waals surface area (Å²) >= 11 is 6.12. The van der Waals surface area contributed by atoms with E-state index in [1.165, 1.54) is 30.3 Å². The van der Waals surface area contributed by atoms with Crippen LogP contribution in [0.1, 0.15) is 22.5 Å². The molecule has 31 heavy (non-hydrogen) atoms. The van der Waals surface area contributed by atoms with E-state index in [2.05, 4.69) is 9.38 Å². The van der Waals surface area contributed by atoms with Gasteiger partial charge in [-0.25, -0.2) is 8.78 Å². The normalized spacial score (nSPS) is 14.5. The summed E-state index contributed by atoms with van der Waals surface area (Å²) in [5, 5.41) is 1.34. The maximum atomic E-state index is 14.0. The molecule has 0 bridgehead atoms. The lowest BCUT2D eigenvalue weighted by Gasteiger charge is -2.11. The molecule has 0 atom stereocenters. The second-order valence-corrected chi connectivity index (χ2v) is 9.10. The first-order chi connectivity index (χ1) is 14.8. The van der Waals surface area contributed by atoms with Gasteiger partial charge in [0.2, 0.25) is 0 Å². The monoisotopic (exact) mass is 454 g/mol.